The number of H-pyrrole nitrogens is 1. The Kier molecular flexibility index (Phi) is 5.21. The number of amides is 2. The second-order valence-electron chi connectivity index (χ2n) is 6.22. The molecule has 0 spiro atoms. The highest BCUT2D eigenvalue weighted by atomic mass is 16.2. The Labute approximate surface area is 156 Å². The van der Waals surface area contributed by atoms with E-state index in [2.05, 4.69) is 21.2 Å². The van der Waals surface area contributed by atoms with Gasteiger partial charge in [0.15, 0.2) is 0 Å². The molecule has 3 rings (SSSR count). The number of carbonyl (C=O) groups is 3. The van der Waals surface area contributed by atoms with Crippen molar-refractivity contribution < 1.29 is 14.4 Å². The number of fused-ring (bicyclic) bond motifs is 1. The molecule has 0 atom stereocenters. The number of hydrogen-bond donors (Lipinski definition) is 4. The van der Waals surface area contributed by atoms with Crippen LogP contribution < -0.4 is 16.2 Å². The van der Waals surface area contributed by atoms with Crippen LogP contribution in [0.1, 0.15) is 21.6 Å². The number of anilines is 1. The van der Waals surface area contributed by atoms with E-state index in [0.717, 1.165) is 16.8 Å². The van der Waals surface area contributed by atoms with Gasteiger partial charge in [0.1, 0.15) is 0 Å². The van der Waals surface area contributed by atoms with E-state index in [1.807, 2.05) is 43.3 Å². The zero-order valence-corrected chi connectivity index (χ0v) is 15.1. The molecule has 0 radical (unpaired) electrons. The predicted molar refractivity (Wildman–Crippen MR) is 103 cm³/mol. The average Bonchev–Trinajstić information content (AvgIpc) is 3.00. The van der Waals surface area contributed by atoms with E-state index in [9.17, 15) is 14.4 Å². The van der Waals surface area contributed by atoms with Crippen LogP contribution in [0.15, 0.2) is 48.5 Å². The normalized spacial score (nSPS) is 10.4. The first-order chi connectivity index (χ1) is 13.0. The number of rotatable bonds is 5. The molecule has 2 aromatic carbocycles. The number of carbonyl (C=O) groups excluding carboxylic acids is 3. The second-order valence-corrected chi connectivity index (χ2v) is 6.22. The maximum atomic E-state index is 12.5. The van der Waals surface area contributed by atoms with Crippen LogP contribution in [0.2, 0.25) is 0 Å². The number of benzene rings is 2. The van der Waals surface area contributed by atoms with E-state index in [1.165, 1.54) is 0 Å². The van der Waals surface area contributed by atoms with Gasteiger partial charge >= 0.3 is 5.91 Å². The van der Waals surface area contributed by atoms with Crippen molar-refractivity contribution in [3.8, 4) is 0 Å². The van der Waals surface area contributed by atoms with E-state index in [0.29, 0.717) is 16.6 Å². The lowest BCUT2D eigenvalue weighted by Crippen LogP contribution is -2.46. The summed E-state index contributed by atoms with van der Waals surface area (Å²) in [7, 11) is 0. The molecule has 0 bridgehead atoms. The molecule has 27 heavy (non-hydrogen) atoms. The Morgan fingerprint density at radius 3 is 2.37 bits per heavy atom. The number of hydrazine groups is 1. The van der Waals surface area contributed by atoms with Crippen LogP contribution in [0.25, 0.3) is 10.9 Å². The molecule has 1 aromatic heterocycles. The highest BCUT2D eigenvalue weighted by Gasteiger charge is 2.22. The Bertz CT molecular complexity index is 1010. The Balaban J connectivity index is 1.56. The zero-order valence-electron chi connectivity index (χ0n) is 15.1. The van der Waals surface area contributed by atoms with Crippen LogP contribution in [-0.2, 0) is 9.59 Å². The Morgan fingerprint density at radius 2 is 1.63 bits per heavy atom. The van der Waals surface area contributed by atoms with Crippen molar-refractivity contribution in [2.45, 2.75) is 13.8 Å². The van der Waals surface area contributed by atoms with E-state index in [4.69, 9.17) is 0 Å². The topological polar surface area (TPSA) is 103 Å². The van der Waals surface area contributed by atoms with E-state index >= 15 is 0 Å². The molecule has 1 heterocycles. The summed E-state index contributed by atoms with van der Waals surface area (Å²) < 4.78 is 0. The lowest BCUT2D eigenvalue weighted by molar-refractivity contribution is -0.125. The van der Waals surface area contributed by atoms with Gasteiger partial charge in [0, 0.05) is 22.3 Å². The fourth-order valence-electron chi connectivity index (χ4n) is 2.76. The fraction of sp³-hybridized carbons (Fsp3) is 0.150. The minimum Gasteiger partial charge on any atom is -0.376 e. The van der Waals surface area contributed by atoms with Crippen LogP contribution in [0.5, 0.6) is 0 Å². The summed E-state index contributed by atoms with van der Waals surface area (Å²) in [6.45, 7) is 3.66. The summed E-state index contributed by atoms with van der Waals surface area (Å²) in [4.78, 5) is 39.6. The van der Waals surface area contributed by atoms with Gasteiger partial charge in [-0.3, -0.25) is 25.2 Å². The molecule has 7 heteroatoms. The molecule has 0 unspecified atom stereocenters. The van der Waals surface area contributed by atoms with Gasteiger partial charge < -0.3 is 10.3 Å². The number of hydrogen-bond acceptors (Lipinski definition) is 4. The summed E-state index contributed by atoms with van der Waals surface area (Å²) >= 11 is 0. The van der Waals surface area contributed by atoms with Crippen molar-refractivity contribution in [3.63, 3.8) is 0 Å². The average molecular weight is 364 g/mol. The standard InChI is InChI=1S/C20H20N4O3/c1-12-7-9-14(10-8-12)21-11-17(25)23-24-20(27)19(26)18-13(2)22-16-6-4-3-5-15(16)18/h3-10,21-22H,11H2,1-2H3,(H,23,25)(H,24,27). The maximum absolute atomic E-state index is 12.5. The highest BCUT2D eigenvalue weighted by Crippen LogP contribution is 2.22. The third kappa shape index (κ3) is 4.14. The summed E-state index contributed by atoms with van der Waals surface area (Å²) in [6, 6.07) is 14.8. The molecule has 7 nitrogen and oxygen atoms in total. The molecule has 0 aliphatic carbocycles. The van der Waals surface area contributed by atoms with Crippen LogP contribution >= 0.6 is 0 Å². The molecule has 0 fully saturated rings. The van der Waals surface area contributed by atoms with Gasteiger partial charge in [0.25, 0.3) is 11.7 Å². The van der Waals surface area contributed by atoms with Crippen LogP contribution in [-0.4, -0.2) is 29.1 Å². The van der Waals surface area contributed by atoms with Crippen molar-refractivity contribution in [2.75, 3.05) is 11.9 Å². The largest absolute Gasteiger partial charge is 0.376 e. The molecule has 0 aliphatic rings. The number of ketones is 1. The summed E-state index contributed by atoms with van der Waals surface area (Å²) in [5.74, 6) is -2.07. The van der Waals surface area contributed by atoms with Crippen molar-refractivity contribution in [3.05, 3.63) is 65.4 Å². The van der Waals surface area contributed by atoms with Gasteiger partial charge in [-0.15, -0.1) is 0 Å². The van der Waals surface area contributed by atoms with Crippen molar-refractivity contribution in [2.24, 2.45) is 0 Å². The van der Waals surface area contributed by atoms with Gasteiger partial charge in [-0.1, -0.05) is 35.9 Å². The first-order valence-corrected chi connectivity index (χ1v) is 8.47. The summed E-state index contributed by atoms with van der Waals surface area (Å²) in [6.07, 6.45) is 0. The maximum Gasteiger partial charge on any atom is 0.310 e. The predicted octanol–water partition coefficient (Wildman–Crippen LogP) is 2.23. The third-order valence-electron chi connectivity index (χ3n) is 4.15. The first kappa shape index (κ1) is 18.2. The monoisotopic (exact) mass is 364 g/mol. The lowest BCUT2D eigenvalue weighted by atomic mass is 10.1. The molecule has 0 saturated carbocycles. The zero-order chi connectivity index (χ0) is 19.4. The number of aryl methyl sites for hydroxylation is 2. The van der Waals surface area contributed by atoms with E-state index < -0.39 is 17.6 Å². The van der Waals surface area contributed by atoms with Gasteiger partial charge in [-0.2, -0.15) is 0 Å². The molecule has 0 aliphatic heterocycles. The van der Waals surface area contributed by atoms with Gasteiger partial charge in [-0.05, 0) is 32.0 Å². The smallest absolute Gasteiger partial charge is 0.310 e. The number of aromatic nitrogens is 1. The minimum atomic E-state index is -0.897. The molecule has 4 N–H and O–H groups in total. The van der Waals surface area contributed by atoms with Gasteiger partial charge in [0.05, 0.1) is 12.1 Å². The van der Waals surface area contributed by atoms with Gasteiger partial charge in [-0.25, -0.2) is 0 Å². The molecular formula is C20H20N4O3. The number of nitrogens with one attached hydrogen (secondary N) is 4. The lowest BCUT2D eigenvalue weighted by Gasteiger charge is -2.09. The first-order valence-electron chi connectivity index (χ1n) is 8.47. The van der Waals surface area contributed by atoms with E-state index in [-0.39, 0.29) is 6.54 Å². The SMILES string of the molecule is Cc1ccc(NCC(=O)NNC(=O)C(=O)c2c(C)[nH]c3ccccc23)cc1. The molecule has 0 saturated heterocycles. The van der Waals surface area contributed by atoms with Crippen LogP contribution in [0.3, 0.4) is 0 Å². The second kappa shape index (κ2) is 7.74. The van der Waals surface area contributed by atoms with Crippen LogP contribution in [0.4, 0.5) is 5.69 Å². The highest BCUT2D eigenvalue weighted by molar-refractivity contribution is 6.45. The quantitative estimate of drug-likeness (QED) is 0.317. The molecule has 138 valence electrons. The third-order valence-corrected chi connectivity index (χ3v) is 4.15. The van der Waals surface area contributed by atoms with Crippen molar-refractivity contribution in [1.82, 2.24) is 15.8 Å². The summed E-state index contributed by atoms with van der Waals surface area (Å²) in [5, 5.41) is 3.60. The summed E-state index contributed by atoms with van der Waals surface area (Å²) in [5.41, 5.74) is 7.98. The number of Topliss-reactive ketones (excluding diaryl/α,β-unsaturated/α-hetero) is 1. The number of para-hydroxylation sites is 1. The Hall–Kier alpha value is -3.61. The van der Waals surface area contributed by atoms with Gasteiger partial charge in [0.2, 0.25) is 0 Å². The van der Waals surface area contributed by atoms with Crippen molar-refractivity contribution in [1.29, 1.82) is 0 Å². The minimum absolute atomic E-state index is 0.0381. The molecule has 3 aromatic rings. The fourth-order valence-corrected chi connectivity index (χ4v) is 2.76. The van der Waals surface area contributed by atoms with Crippen LogP contribution in [0, 0.1) is 13.8 Å². The molecular weight excluding hydrogens is 344 g/mol. The number of aromatic amines is 1. The Morgan fingerprint density at radius 1 is 0.926 bits per heavy atom. The molecule has 2 amide bonds. The van der Waals surface area contributed by atoms with Crippen molar-refractivity contribution >= 4 is 34.2 Å². The van der Waals surface area contributed by atoms with E-state index in [1.54, 1.807) is 19.1 Å².